The molecule has 0 aromatic heterocycles. The monoisotopic (exact) mass is 483 g/mol. The highest BCUT2D eigenvalue weighted by molar-refractivity contribution is 7.47. The van der Waals surface area contributed by atoms with Gasteiger partial charge in [-0.2, -0.15) is 0 Å². The largest absolute Gasteiger partial charge is 0.480 e. The van der Waals surface area contributed by atoms with Crippen molar-refractivity contribution >= 4 is 13.8 Å². The summed E-state index contributed by atoms with van der Waals surface area (Å²) in [4.78, 5) is 20.2. The second-order valence-electron chi connectivity index (χ2n) is 8.29. The first kappa shape index (κ1) is 31.5. The van der Waals surface area contributed by atoms with Crippen LogP contribution in [0.5, 0.6) is 0 Å². The first-order valence-corrected chi connectivity index (χ1v) is 13.6. The number of ether oxygens (including phenoxy) is 1. The minimum atomic E-state index is -4.53. The molecule has 0 aliphatic carbocycles. The average molecular weight is 484 g/mol. The van der Waals surface area contributed by atoms with Gasteiger partial charge in [0.1, 0.15) is 12.1 Å². The van der Waals surface area contributed by atoms with Crippen molar-refractivity contribution < 1.29 is 38.3 Å². The Hall–Kier alpha value is -0.540. The number of carboxylic acid groups (broad SMARTS) is 1. The molecule has 9 nitrogen and oxygen atoms in total. The molecule has 0 amide bonds. The van der Waals surface area contributed by atoms with E-state index in [4.69, 9.17) is 20.1 Å². The Bertz CT molecular complexity index is 495. The van der Waals surface area contributed by atoms with Crippen LogP contribution in [0.2, 0.25) is 0 Å². The minimum Gasteiger partial charge on any atom is -0.480 e. The van der Waals surface area contributed by atoms with Gasteiger partial charge in [0.2, 0.25) is 0 Å². The number of rotatable bonds is 24. The summed E-state index contributed by atoms with van der Waals surface area (Å²) in [6.45, 7) is 1.45. The second kappa shape index (κ2) is 21.0. The van der Waals surface area contributed by atoms with E-state index in [1.165, 1.54) is 70.6 Å². The average Bonchev–Trinajstić information content (AvgIpc) is 2.76. The fourth-order valence-electron chi connectivity index (χ4n) is 3.19. The molecule has 192 valence electrons. The highest BCUT2D eigenvalue weighted by Crippen LogP contribution is 2.44. The molecule has 3 atom stereocenters. The van der Waals surface area contributed by atoms with Gasteiger partial charge in [-0.1, -0.05) is 90.4 Å². The molecule has 0 bridgehead atoms. The maximum absolute atomic E-state index is 11.8. The van der Waals surface area contributed by atoms with Gasteiger partial charge in [0.05, 0.1) is 19.8 Å². The summed E-state index contributed by atoms with van der Waals surface area (Å²) in [6, 6.07) is -1.44. The quantitative estimate of drug-likeness (QED) is 0.116. The molecule has 0 saturated carbocycles. The third-order valence-corrected chi connectivity index (χ3v) is 6.21. The molecule has 0 aliphatic rings. The molecule has 0 spiro atoms. The summed E-state index contributed by atoms with van der Waals surface area (Å²) >= 11 is 0. The van der Waals surface area contributed by atoms with Crippen LogP contribution in [-0.4, -0.2) is 59.6 Å². The fourth-order valence-corrected chi connectivity index (χ4v) is 4.11. The Morgan fingerprint density at radius 1 is 0.875 bits per heavy atom. The van der Waals surface area contributed by atoms with Crippen molar-refractivity contribution in [2.24, 2.45) is 5.73 Å². The second-order valence-corrected chi connectivity index (χ2v) is 9.70. The van der Waals surface area contributed by atoms with Crippen molar-refractivity contribution in [1.82, 2.24) is 0 Å². The number of unbranched alkanes of at least 4 members (excludes halogenated alkanes) is 13. The molecule has 5 N–H and O–H groups in total. The van der Waals surface area contributed by atoms with Gasteiger partial charge in [0.25, 0.3) is 0 Å². The van der Waals surface area contributed by atoms with E-state index in [1.807, 2.05) is 0 Å². The lowest BCUT2D eigenvalue weighted by atomic mass is 10.0. The van der Waals surface area contributed by atoms with Gasteiger partial charge in [-0.3, -0.25) is 13.8 Å². The SMILES string of the molecule is CCCCCCCCCCCCCCCCOC[C@H](CO)OP(=O)(O)OC[C@H](N)C(=O)O. The van der Waals surface area contributed by atoms with E-state index in [9.17, 15) is 19.4 Å². The lowest BCUT2D eigenvalue weighted by Crippen LogP contribution is -2.35. The highest BCUT2D eigenvalue weighted by Gasteiger charge is 2.28. The van der Waals surface area contributed by atoms with E-state index in [1.54, 1.807) is 0 Å². The van der Waals surface area contributed by atoms with Crippen molar-refractivity contribution in [2.45, 2.75) is 109 Å². The van der Waals surface area contributed by atoms with Gasteiger partial charge in [-0.15, -0.1) is 0 Å². The molecule has 32 heavy (non-hydrogen) atoms. The van der Waals surface area contributed by atoms with E-state index < -0.39 is 39.2 Å². The highest BCUT2D eigenvalue weighted by atomic mass is 31.2. The number of aliphatic hydroxyl groups is 1. The molecular weight excluding hydrogens is 437 g/mol. The van der Waals surface area contributed by atoms with Crippen LogP contribution in [0.4, 0.5) is 0 Å². The zero-order valence-electron chi connectivity index (χ0n) is 19.8. The molecule has 10 heteroatoms. The number of carbonyl (C=O) groups is 1. The van der Waals surface area contributed by atoms with Crippen LogP contribution in [0.15, 0.2) is 0 Å². The van der Waals surface area contributed by atoms with E-state index in [0.29, 0.717) is 6.61 Å². The Balaban J connectivity index is 3.57. The summed E-state index contributed by atoms with van der Waals surface area (Å²) < 4.78 is 26.5. The lowest BCUT2D eigenvalue weighted by Gasteiger charge is -2.19. The van der Waals surface area contributed by atoms with E-state index >= 15 is 0 Å². The molecular formula is C22H46NO8P. The number of nitrogens with two attached hydrogens (primary N) is 1. The molecule has 0 aromatic carbocycles. The molecule has 0 rings (SSSR count). The van der Waals surface area contributed by atoms with Crippen LogP contribution in [0.25, 0.3) is 0 Å². The zero-order valence-corrected chi connectivity index (χ0v) is 20.7. The Morgan fingerprint density at radius 3 is 1.78 bits per heavy atom. The maximum Gasteiger partial charge on any atom is 0.472 e. The van der Waals surface area contributed by atoms with Gasteiger partial charge in [0, 0.05) is 6.61 Å². The summed E-state index contributed by atoms with van der Waals surface area (Å²) in [7, 11) is -4.53. The van der Waals surface area contributed by atoms with Gasteiger partial charge in [0.15, 0.2) is 0 Å². The number of aliphatic hydroxyl groups excluding tert-OH is 1. The van der Waals surface area contributed by atoms with Crippen molar-refractivity contribution in [3.63, 3.8) is 0 Å². The van der Waals surface area contributed by atoms with Crippen LogP contribution in [0.1, 0.15) is 96.8 Å². The topological polar surface area (TPSA) is 149 Å². The van der Waals surface area contributed by atoms with E-state index in [0.717, 1.165) is 19.3 Å². The third kappa shape index (κ3) is 20.1. The molecule has 0 fully saturated rings. The first-order valence-electron chi connectivity index (χ1n) is 12.1. The van der Waals surface area contributed by atoms with Crippen LogP contribution >= 0.6 is 7.82 Å². The Morgan fingerprint density at radius 2 is 1.34 bits per heavy atom. The molecule has 0 aromatic rings. The van der Waals surface area contributed by atoms with Crippen LogP contribution in [0.3, 0.4) is 0 Å². The van der Waals surface area contributed by atoms with Crippen molar-refractivity contribution in [1.29, 1.82) is 0 Å². The normalized spacial score (nSPS) is 15.4. The van der Waals surface area contributed by atoms with Crippen LogP contribution < -0.4 is 5.73 Å². The minimum absolute atomic E-state index is 0.0617. The molecule has 0 aliphatic heterocycles. The lowest BCUT2D eigenvalue weighted by molar-refractivity contribution is -0.139. The molecule has 0 radical (unpaired) electrons. The van der Waals surface area contributed by atoms with Crippen molar-refractivity contribution in [3.8, 4) is 0 Å². The molecule has 1 unspecified atom stereocenters. The maximum atomic E-state index is 11.8. The van der Waals surface area contributed by atoms with Gasteiger partial charge in [-0.25, -0.2) is 4.57 Å². The zero-order chi connectivity index (χ0) is 24.1. The number of phosphoric acid groups is 1. The predicted molar refractivity (Wildman–Crippen MR) is 124 cm³/mol. The smallest absolute Gasteiger partial charge is 0.472 e. The number of hydrogen-bond acceptors (Lipinski definition) is 7. The molecule has 0 heterocycles. The number of phosphoric ester groups is 1. The summed E-state index contributed by atoms with van der Waals surface area (Å²) in [6.07, 6.45) is 16.7. The van der Waals surface area contributed by atoms with E-state index in [-0.39, 0.29) is 6.61 Å². The van der Waals surface area contributed by atoms with E-state index in [2.05, 4.69) is 11.4 Å². The summed E-state index contributed by atoms with van der Waals surface area (Å²) in [5, 5.41) is 17.9. The summed E-state index contributed by atoms with van der Waals surface area (Å²) in [5.41, 5.74) is 5.20. The fraction of sp³-hybridized carbons (Fsp3) is 0.955. The van der Waals surface area contributed by atoms with Crippen molar-refractivity contribution in [3.05, 3.63) is 0 Å². The van der Waals surface area contributed by atoms with Crippen LogP contribution in [-0.2, 0) is 23.1 Å². The van der Waals surface area contributed by atoms with Crippen molar-refractivity contribution in [2.75, 3.05) is 26.4 Å². The predicted octanol–water partition coefficient (Wildman–Crippen LogP) is 4.39. The van der Waals surface area contributed by atoms with Gasteiger partial charge in [-0.05, 0) is 6.42 Å². The first-order chi connectivity index (χ1) is 15.3. The number of aliphatic carboxylic acids is 1. The van der Waals surface area contributed by atoms with Gasteiger partial charge < -0.3 is 25.6 Å². The number of carboxylic acids is 1. The Kier molecular flexibility index (Phi) is 20.7. The van der Waals surface area contributed by atoms with Gasteiger partial charge >= 0.3 is 13.8 Å². The number of hydrogen-bond donors (Lipinski definition) is 4. The third-order valence-electron chi connectivity index (χ3n) is 5.17. The molecule has 0 saturated heterocycles. The van der Waals surface area contributed by atoms with Crippen LogP contribution in [0, 0.1) is 0 Å². The Labute approximate surface area is 193 Å². The summed E-state index contributed by atoms with van der Waals surface area (Å²) in [5.74, 6) is -1.36. The standard InChI is InChI=1S/C22H46NO8P/c1-2-3-4-5-6-7-8-9-10-11-12-13-14-15-16-29-18-20(17-24)31-32(27,28)30-19-21(23)22(25)26/h20-21,24H,2-19,23H2,1H3,(H,25,26)(H,27,28)/t20-,21-/m0/s1.